The third kappa shape index (κ3) is 3.42. The Balaban J connectivity index is 2.27. The molecule has 23 heavy (non-hydrogen) atoms. The Morgan fingerprint density at radius 2 is 1.96 bits per heavy atom. The van der Waals surface area contributed by atoms with Crippen LogP contribution in [-0.2, 0) is 21.4 Å². The normalized spacial score (nSPS) is 19.4. The molecule has 8 heteroatoms. The zero-order chi connectivity index (χ0) is 17.4. The Labute approximate surface area is 138 Å². The molecule has 1 saturated heterocycles. The Hall–Kier alpha value is -1.41. The summed E-state index contributed by atoms with van der Waals surface area (Å²) in [4.78, 5) is 14.6. The molecule has 0 aromatic carbocycles. The molecule has 0 bridgehead atoms. The molecule has 7 nitrogen and oxygen atoms in total. The van der Waals surface area contributed by atoms with Gasteiger partial charge in [-0.1, -0.05) is 0 Å². The molecule has 2 heterocycles. The SMILES string of the molecule is Cc1nn(CC(=O)N2CCCC[C@@H]2C)c(C)c1S(=O)(=O)N(C)C. The van der Waals surface area contributed by atoms with Crippen LogP contribution in [0.3, 0.4) is 0 Å². The van der Waals surface area contributed by atoms with Crippen molar-refractivity contribution in [3.8, 4) is 0 Å². The van der Waals surface area contributed by atoms with Crippen molar-refractivity contribution in [2.45, 2.75) is 57.5 Å². The molecule has 0 radical (unpaired) electrons. The van der Waals surface area contributed by atoms with E-state index >= 15 is 0 Å². The first-order chi connectivity index (χ1) is 10.7. The summed E-state index contributed by atoms with van der Waals surface area (Å²) in [5.41, 5.74) is 0.935. The predicted molar refractivity (Wildman–Crippen MR) is 87.6 cm³/mol. The molecule has 0 unspecified atom stereocenters. The van der Waals surface area contributed by atoms with E-state index in [1.54, 1.807) is 13.8 Å². The molecule has 0 N–H and O–H groups in total. The second kappa shape index (κ2) is 6.60. The van der Waals surface area contributed by atoms with Crippen molar-refractivity contribution in [2.75, 3.05) is 20.6 Å². The third-order valence-electron chi connectivity index (χ3n) is 4.46. The summed E-state index contributed by atoms with van der Waals surface area (Å²) in [7, 11) is -0.579. The first-order valence-electron chi connectivity index (χ1n) is 7.92. The van der Waals surface area contributed by atoms with Crippen LogP contribution in [0.4, 0.5) is 0 Å². The van der Waals surface area contributed by atoms with Crippen molar-refractivity contribution in [1.29, 1.82) is 0 Å². The number of rotatable bonds is 4. The number of piperidine rings is 1. The van der Waals surface area contributed by atoms with Gasteiger partial charge in [-0.2, -0.15) is 5.10 Å². The molecule has 0 saturated carbocycles. The van der Waals surface area contributed by atoms with Gasteiger partial charge >= 0.3 is 0 Å². The molecule has 130 valence electrons. The van der Waals surface area contributed by atoms with E-state index in [4.69, 9.17) is 0 Å². The number of nitrogens with zero attached hydrogens (tertiary/aromatic N) is 4. The highest BCUT2D eigenvalue weighted by Crippen LogP contribution is 2.23. The van der Waals surface area contributed by atoms with Crippen molar-refractivity contribution >= 4 is 15.9 Å². The predicted octanol–water partition coefficient (Wildman–Crippen LogP) is 1.15. The Morgan fingerprint density at radius 3 is 2.52 bits per heavy atom. The minimum atomic E-state index is -3.56. The summed E-state index contributed by atoms with van der Waals surface area (Å²) in [5.74, 6) is -0.00315. The molecule has 1 fully saturated rings. The van der Waals surface area contributed by atoms with Crippen molar-refractivity contribution in [3.05, 3.63) is 11.4 Å². The summed E-state index contributed by atoms with van der Waals surface area (Å²) >= 11 is 0. The number of aryl methyl sites for hydroxylation is 1. The van der Waals surface area contributed by atoms with E-state index in [2.05, 4.69) is 12.0 Å². The lowest BCUT2D eigenvalue weighted by Gasteiger charge is -2.33. The van der Waals surface area contributed by atoms with Crippen molar-refractivity contribution < 1.29 is 13.2 Å². The van der Waals surface area contributed by atoms with Crippen molar-refractivity contribution in [1.82, 2.24) is 19.0 Å². The van der Waals surface area contributed by atoms with E-state index in [9.17, 15) is 13.2 Å². The fourth-order valence-electron chi connectivity index (χ4n) is 3.08. The molecule has 1 aliphatic heterocycles. The lowest BCUT2D eigenvalue weighted by atomic mass is 10.0. The zero-order valence-electron chi connectivity index (χ0n) is 14.5. The molecular weight excluding hydrogens is 316 g/mol. The van der Waals surface area contributed by atoms with Crippen LogP contribution in [-0.4, -0.2) is 60.0 Å². The fraction of sp³-hybridized carbons (Fsp3) is 0.733. The summed E-state index contributed by atoms with van der Waals surface area (Å²) < 4.78 is 27.5. The summed E-state index contributed by atoms with van der Waals surface area (Å²) in [6.45, 7) is 6.26. The minimum Gasteiger partial charge on any atom is -0.338 e. The van der Waals surface area contributed by atoms with Gasteiger partial charge in [0.15, 0.2) is 0 Å². The smallest absolute Gasteiger partial charge is 0.246 e. The van der Waals surface area contributed by atoms with Crippen LogP contribution in [0, 0.1) is 13.8 Å². The highest BCUT2D eigenvalue weighted by Gasteiger charge is 2.29. The minimum absolute atomic E-state index is 0.00315. The second-order valence-electron chi connectivity index (χ2n) is 6.38. The summed E-state index contributed by atoms with van der Waals surface area (Å²) in [6, 6.07) is 0.234. The van der Waals surface area contributed by atoms with E-state index in [0.29, 0.717) is 11.4 Å². The van der Waals surface area contributed by atoms with Crippen LogP contribution in [0.5, 0.6) is 0 Å². The maximum absolute atomic E-state index is 12.5. The highest BCUT2D eigenvalue weighted by atomic mass is 32.2. The first kappa shape index (κ1) is 17.9. The second-order valence-corrected chi connectivity index (χ2v) is 8.47. The van der Waals surface area contributed by atoms with Crippen LogP contribution in [0.1, 0.15) is 37.6 Å². The van der Waals surface area contributed by atoms with Gasteiger partial charge in [0, 0.05) is 26.7 Å². The topological polar surface area (TPSA) is 75.5 Å². The number of carbonyl (C=O) groups excluding carboxylic acids is 1. The fourth-order valence-corrected chi connectivity index (χ4v) is 4.34. The van der Waals surface area contributed by atoms with Gasteiger partial charge < -0.3 is 4.90 Å². The maximum atomic E-state index is 12.5. The molecule has 0 aliphatic carbocycles. The number of hydrogen-bond donors (Lipinski definition) is 0. The molecule has 1 atom stereocenters. The Kier molecular flexibility index (Phi) is 5.15. The van der Waals surface area contributed by atoms with Crippen LogP contribution >= 0.6 is 0 Å². The number of likely N-dealkylation sites (tertiary alicyclic amines) is 1. The highest BCUT2D eigenvalue weighted by molar-refractivity contribution is 7.89. The lowest BCUT2D eigenvalue weighted by molar-refractivity contribution is -0.135. The standard InChI is InChI=1S/C15H26N4O3S/c1-11-8-6-7-9-18(11)14(20)10-19-13(3)15(12(2)16-19)23(21,22)17(4)5/h11H,6-10H2,1-5H3/t11-/m0/s1. The van der Waals surface area contributed by atoms with E-state index < -0.39 is 10.0 Å². The number of sulfonamides is 1. The van der Waals surface area contributed by atoms with E-state index in [-0.39, 0.29) is 23.4 Å². The van der Waals surface area contributed by atoms with E-state index in [1.807, 2.05) is 4.90 Å². The molecule has 1 amide bonds. The van der Waals surface area contributed by atoms with Gasteiger partial charge in [-0.3, -0.25) is 9.48 Å². The van der Waals surface area contributed by atoms with Gasteiger partial charge in [0.25, 0.3) is 0 Å². The molecule has 0 spiro atoms. The van der Waals surface area contributed by atoms with Gasteiger partial charge in [-0.25, -0.2) is 12.7 Å². The number of carbonyl (C=O) groups is 1. The maximum Gasteiger partial charge on any atom is 0.246 e. The van der Waals surface area contributed by atoms with E-state index in [0.717, 1.165) is 25.8 Å². The quantitative estimate of drug-likeness (QED) is 0.822. The first-order valence-corrected chi connectivity index (χ1v) is 9.36. The summed E-state index contributed by atoms with van der Waals surface area (Å²) in [5, 5.41) is 4.28. The lowest BCUT2D eigenvalue weighted by Crippen LogP contribution is -2.43. The zero-order valence-corrected chi connectivity index (χ0v) is 15.4. The molecule has 1 aromatic rings. The monoisotopic (exact) mass is 342 g/mol. The van der Waals surface area contributed by atoms with Gasteiger partial charge in [0.1, 0.15) is 11.4 Å². The van der Waals surface area contributed by atoms with E-state index in [1.165, 1.54) is 23.1 Å². The number of hydrogen-bond acceptors (Lipinski definition) is 4. The average Bonchev–Trinajstić information content (AvgIpc) is 2.73. The molecular formula is C15H26N4O3S. The molecule has 2 rings (SSSR count). The number of aromatic nitrogens is 2. The van der Waals surface area contributed by atoms with Crippen LogP contribution in [0.2, 0.25) is 0 Å². The Bertz CT molecular complexity index is 694. The molecule has 1 aromatic heterocycles. The molecule has 1 aliphatic rings. The van der Waals surface area contributed by atoms with Crippen LogP contribution < -0.4 is 0 Å². The number of amides is 1. The van der Waals surface area contributed by atoms with Gasteiger partial charge in [0.05, 0.1) is 11.4 Å². The van der Waals surface area contributed by atoms with Crippen LogP contribution in [0.25, 0.3) is 0 Å². The van der Waals surface area contributed by atoms with Gasteiger partial charge in [-0.15, -0.1) is 0 Å². The van der Waals surface area contributed by atoms with Gasteiger partial charge in [0.2, 0.25) is 15.9 Å². The van der Waals surface area contributed by atoms with Crippen LogP contribution in [0.15, 0.2) is 4.90 Å². The average molecular weight is 342 g/mol. The Morgan fingerprint density at radius 1 is 1.30 bits per heavy atom. The van der Waals surface area contributed by atoms with Crippen molar-refractivity contribution in [3.63, 3.8) is 0 Å². The van der Waals surface area contributed by atoms with Gasteiger partial charge in [-0.05, 0) is 40.0 Å². The third-order valence-corrected chi connectivity index (χ3v) is 6.53. The largest absolute Gasteiger partial charge is 0.338 e. The van der Waals surface area contributed by atoms with Crippen molar-refractivity contribution in [2.24, 2.45) is 0 Å². The summed E-state index contributed by atoms with van der Waals surface area (Å²) in [6.07, 6.45) is 3.19.